The van der Waals surface area contributed by atoms with Gasteiger partial charge in [-0.25, -0.2) is 0 Å². The van der Waals surface area contributed by atoms with Crippen LogP contribution in [-0.2, 0) is 6.54 Å². The summed E-state index contributed by atoms with van der Waals surface area (Å²) in [5, 5.41) is 1.62. The highest BCUT2D eigenvalue weighted by Gasteiger charge is 2.08. The fraction of sp³-hybridized carbons (Fsp3) is 0.214. The topological polar surface area (TPSA) is 22.0 Å². The molecule has 88 valence electrons. The zero-order chi connectivity index (χ0) is 12.4. The van der Waals surface area contributed by atoms with Crippen molar-refractivity contribution in [3.05, 3.63) is 47.1 Å². The Labute approximate surface area is 105 Å². The Morgan fingerprint density at radius 3 is 2.94 bits per heavy atom. The summed E-state index contributed by atoms with van der Waals surface area (Å²) in [4.78, 5) is 11.0. The van der Waals surface area contributed by atoms with Crippen molar-refractivity contribution in [2.75, 3.05) is 0 Å². The molecule has 1 heterocycles. The van der Waals surface area contributed by atoms with Crippen molar-refractivity contribution < 1.29 is 4.79 Å². The number of nitrogens with zero attached hydrogens (tertiary/aromatic N) is 1. The molecule has 17 heavy (non-hydrogen) atoms. The van der Waals surface area contributed by atoms with Crippen LogP contribution in [0.2, 0.25) is 5.02 Å². The second-order valence-corrected chi connectivity index (χ2v) is 4.53. The number of halogens is 1. The summed E-state index contributed by atoms with van der Waals surface area (Å²) < 4.78 is 2.02. The van der Waals surface area contributed by atoms with Crippen LogP contribution in [0.1, 0.15) is 23.7 Å². The van der Waals surface area contributed by atoms with E-state index in [-0.39, 0.29) is 0 Å². The number of rotatable bonds is 4. The van der Waals surface area contributed by atoms with Gasteiger partial charge in [0, 0.05) is 28.7 Å². The molecular formula is C14H14ClNO. The van der Waals surface area contributed by atoms with Crippen LogP contribution in [0.25, 0.3) is 10.9 Å². The first kappa shape index (κ1) is 11.9. The van der Waals surface area contributed by atoms with Crippen LogP contribution in [0.3, 0.4) is 0 Å². The van der Waals surface area contributed by atoms with E-state index >= 15 is 0 Å². The van der Waals surface area contributed by atoms with Crippen LogP contribution in [-0.4, -0.2) is 10.9 Å². The molecule has 0 saturated carbocycles. The Hall–Kier alpha value is -1.54. The monoisotopic (exact) mass is 247 g/mol. The Morgan fingerprint density at radius 1 is 1.53 bits per heavy atom. The van der Waals surface area contributed by atoms with Gasteiger partial charge in [-0.1, -0.05) is 36.7 Å². The number of hydrogen-bond donors (Lipinski definition) is 0. The van der Waals surface area contributed by atoms with Crippen LogP contribution < -0.4 is 0 Å². The van der Waals surface area contributed by atoms with E-state index < -0.39 is 0 Å². The van der Waals surface area contributed by atoms with Gasteiger partial charge in [-0.05, 0) is 18.6 Å². The molecule has 0 radical (unpaired) electrons. The summed E-state index contributed by atoms with van der Waals surface area (Å²) in [5.41, 5.74) is 2.80. The largest absolute Gasteiger partial charge is 0.343 e. The molecule has 2 nitrogen and oxygen atoms in total. The summed E-state index contributed by atoms with van der Waals surface area (Å²) in [7, 11) is 0. The van der Waals surface area contributed by atoms with Crippen molar-refractivity contribution in [2.45, 2.75) is 19.9 Å². The summed E-state index contributed by atoms with van der Waals surface area (Å²) >= 11 is 5.99. The van der Waals surface area contributed by atoms with Crippen molar-refractivity contribution in [3.63, 3.8) is 0 Å². The molecule has 0 amide bonds. The van der Waals surface area contributed by atoms with Gasteiger partial charge in [-0.2, -0.15) is 0 Å². The lowest BCUT2D eigenvalue weighted by Crippen LogP contribution is -1.97. The Balaban J connectivity index is 2.58. The van der Waals surface area contributed by atoms with Crippen molar-refractivity contribution in [3.8, 4) is 0 Å². The standard InChI is InChI=1S/C14H14ClNO/c1-3-10(2)7-16-8-11(9-17)13-5-4-12(15)6-14(13)16/h4-6,8-9H,2-3,7H2,1H3. The van der Waals surface area contributed by atoms with E-state index in [1.807, 2.05) is 22.9 Å². The van der Waals surface area contributed by atoms with Gasteiger partial charge in [0.15, 0.2) is 6.29 Å². The molecule has 0 aliphatic carbocycles. The summed E-state index contributed by atoms with van der Waals surface area (Å²) in [6.07, 6.45) is 3.66. The summed E-state index contributed by atoms with van der Waals surface area (Å²) in [6, 6.07) is 5.56. The lowest BCUT2D eigenvalue weighted by Gasteiger charge is -2.06. The quantitative estimate of drug-likeness (QED) is 0.590. The molecule has 1 aromatic carbocycles. The third kappa shape index (κ3) is 2.27. The molecule has 2 aromatic rings. The van der Waals surface area contributed by atoms with E-state index in [4.69, 9.17) is 11.6 Å². The molecule has 1 aromatic heterocycles. The lowest BCUT2D eigenvalue weighted by atomic mass is 10.2. The molecule has 0 bridgehead atoms. The SMILES string of the molecule is C=C(CC)Cn1cc(C=O)c2ccc(Cl)cc21. The van der Waals surface area contributed by atoms with E-state index in [1.54, 1.807) is 6.07 Å². The second kappa shape index (κ2) is 4.76. The summed E-state index contributed by atoms with van der Waals surface area (Å²) in [5.74, 6) is 0. The van der Waals surface area contributed by atoms with Crippen LogP contribution in [0, 0.1) is 0 Å². The van der Waals surface area contributed by atoms with Gasteiger partial charge in [-0.3, -0.25) is 4.79 Å². The fourth-order valence-electron chi connectivity index (χ4n) is 1.87. The number of aldehydes is 1. The zero-order valence-electron chi connectivity index (χ0n) is 9.74. The van der Waals surface area contributed by atoms with Crippen molar-refractivity contribution in [2.24, 2.45) is 0 Å². The Kier molecular flexibility index (Phi) is 3.34. The number of allylic oxidation sites excluding steroid dienone is 1. The van der Waals surface area contributed by atoms with E-state index in [1.165, 1.54) is 0 Å². The molecule has 0 saturated heterocycles. The van der Waals surface area contributed by atoms with Crippen LogP contribution in [0.15, 0.2) is 36.5 Å². The molecular weight excluding hydrogens is 234 g/mol. The number of carbonyl (C=O) groups excluding carboxylic acids is 1. The number of hydrogen-bond acceptors (Lipinski definition) is 1. The number of fused-ring (bicyclic) bond motifs is 1. The Bertz CT molecular complexity index is 583. The van der Waals surface area contributed by atoms with Crippen LogP contribution in [0.4, 0.5) is 0 Å². The van der Waals surface area contributed by atoms with Gasteiger partial charge in [0.1, 0.15) is 0 Å². The average molecular weight is 248 g/mol. The van der Waals surface area contributed by atoms with Gasteiger partial charge in [-0.15, -0.1) is 0 Å². The smallest absolute Gasteiger partial charge is 0.152 e. The van der Waals surface area contributed by atoms with E-state index in [2.05, 4.69) is 13.5 Å². The number of aromatic nitrogens is 1. The molecule has 2 rings (SSSR count). The highest BCUT2D eigenvalue weighted by Crippen LogP contribution is 2.24. The van der Waals surface area contributed by atoms with Gasteiger partial charge < -0.3 is 4.57 Å². The minimum absolute atomic E-state index is 0.677. The first-order chi connectivity index (χ1) is 8.15. The van der Waals surface area contributed by atoms with Gasteiger partial charge in [0.25, 0.3) is 0 Å². The maximum absolute atomic E-state index is 11.0. The first-order valence-corrected chi connectivity index (χ1v) is 5.93. The molecule has 0 aliphatic rings. The average Bonchev–Trinajstić information content (AvgIpc) is 2.66. The van der Waals surface area contributed by atoms with Crippen molar-refractivity contribution in [1.29, 1.82) is 0 Å². The number of carbonyl (C=O) groups is 1. The lowest BCUT2D eigenvalue weighted by molar-refractivity contribution is 0.112. The van der Waals surface area contributed by atoms with Crippen molar-refractivity contribution >= 4 is 28.8 Å². The normalized spacial score (nSPS) is 10.7. The molecule has 0 fully saturated rings. The fourth-order valence-corrected chi connectivity index (χ4v) is 2.04. The molecule has 0 aliphatic heterocycles. The van der Waals surface area contributed by atoms with E-state index in [0.29, 0.717) is 10.6 Å². The van der Waals surface area contributed by atoms with Crippen LogP contribution >= 0.6 is 11.6 Å². The predicted molar refractivity (Wildman–Crippen MR) is 71.8 cm³/mol. The van der Waals surface area contributed by atoms with Gasteiger partial charge >= 0.3 is 0 Å². The highest BCUT2D eigenvalue weighted by atomic mass is 35.5. The van der Waals surface area contributed by atoms with Gasteiger partial charge in [0.2, 0.25) is 0 Å². The third-order valence-electron chi connectivity index (χ3n) is 2.90. The van der Waals surface area contributed by atoms with Crippen LogP contribution in [0.5, 0.6) is 0 Å². The van der Waals surface area contributed by atoms with Crippen molar-refractivity contribution in [1.82, 2.24) is 4.57 Å². The zero-order valence-corrected chi connectivity index (χ0v) is 10.5. The first-order valence-electron chi connectivity index (χ1n) is 5.56. The molecule has 0 N–H and O–H groups in total. The van der Waals surface area contributed by atoms with E-state index in [9.17, 15) is 4.79 Å². The maximum Gasteiger partial charge on any atom is 0.152 e. The van der Waals surface area contributed by atoms with E-state index in [0.717, 1.165) is 35.7 Å². The molecule has 0 atom stereocenters. The minimum Gasteiger partial charge on any atom is -0.343 e. The summed E-state index contributed by atoms with van der Waals surface area (Å²) in [6.45, 7) is 6.79. The molecule has 0 spiro atoms. The van der Waals surface area contributed by atoms with Gasteiger partial charge in [0.05, 0.1) is 5.52 Å². The third-order valence-corrected chi connectivity index (χ3v) is 3.13. The molecule has 3 heteroatoms. The maximum atomic E-state index is 11.0. The highest BCUT2D eigenvalue weighted by molar-refractivity contribution is 6.31. The number of benzene rings is 1. The predicted octanol–water partition coefficient (Wildman–Crippen LogP) is 4.07. The second-order valence-electron chi connectivity index (χ2n) is 4.10. The Morgan fingerprint density at radius 2 is 2.29 bits per heavy atom. The minimum atomic E-state index is 0.677. The molecule has 0 unspecified atom stereocenters.